The Balaban J connectivity index is 2.34. The van der Waals surface area contributed by atoms with Crippen molar-refractivity contribution in [1.29, 1.82) is 0 Å². The van der Waals surface area contributed by atoms with Crippen LogP contribution in [-0.4, -0.2) is 14.8 Å². The Morgan fingerprint density at radius 2 is 2.18 bits per heavy atom. The quantitative estimate of drug-likeness (QED) is 0.715. The molecule has 4 nitrogen and oxygen atoms in total. The maximum atomic E-state index is 5.93. The minimum absolute atomic E-state index is 0.603. The smallest absolute Gasteiger partial charge is 0.132 e. The number of rotatable bonds is 1. The molecule has 5 heteroatoms. The fraction of sp³-hybridized carbons (Fsp3) is 0.167. The number of thiophene rings is 1. The van der Waals surface area contributed by atoms with Crippen LogP contribution < -0.4 is 5.73 Å². The van der Waals surface area contributed by atoms with Crippen LogP contribution in [0.15, 0.2) is 24.0 Å². The lowest BCUT2D eigenvalue weighted by Crippen LogP contribution is -1.92. The van der Waals surface area contributed by atoms with E-state index in [1.807, 2.05) is 25.6 Å². The third-order valence-electron chi connectivity index (χ3n) is 2.82. The van der Waals surface area contributed by atoms with E-state index in [2.05, 4.69) is 22.4 Å². The summed E-state index contributed by atoms with van der Waals surface area (Å²) in [5, 5.41) is 7.37. The number of nitrogen functional groups attached to an aromatic ring is 1. The van der Waals surface area contributed by atoms with Crippen LogP contribution in [0.5, 0.6) is 0 Å². The van der Waals surface area contributed by atoms with Gasteiger partial charge in [-0.3, -0.25) is 4.68 Å². The molecule has 0 unspecified atom stereocenters. The van der Waals surface area contributed by atoms with E-state index in [0.717, 1.165) is 16.5 Å². The van der Waals surface area contributed by atoms with Gasteiger partial charge in [-0.25, -0.2) is 4.98 Å². The van der Waals surface area contributed by atoms with Crippen molar-refractivity contribution in [3.63, 3.8) is 0 Å². The van der Waals surface area contributed by atoms with Crippen LogP contribution in [-0.2, 0) is 7.05 Å². The molecule has 0 saturated heterocycles. The van der Waals surface area contributed by atoms with Gasteiger partial charge >= 0.3 is 0 Å². The summed E-state index contributed by atoms with van der Waals surface area (Å²) in [6, 6.07) is 0. The van der Waals surface area contributed by atoms with Gasteiger partial charge in [0.05, 0.1) is 6.20 Å². The minimum atomic E-state index is 0.603. The normalized spacial score (nSPS) is 11.2. The molecule has 2 N–H and O–H groups in total. The molecular formula is C12H12N4S. The number of nitrogens with two attached hydrogens (primary N) is 1. The fourth-order valence-corrected chi connectivity index (χ4v) is 3.08. The van der Waals surface area contributed by atoms with Crippen molar-refractivity contribution in [1.82, 2.24) is 14.8 Å². The number of aryl methyl sites for hydroxylation is 2. The Labute approximate surface area is 103 Å². The topological polar surface area (TPSA) is 56.7 Å². The summed E-state index contributed by atoms with van der Waals surface area (Å²) in [6.07, 6.45) is 5.66. The van der Waals surface area contributed by atoms with Crippen molar-refractivity contribution in [3.8, 4) is 11.1 Å². The SMILES string of the molecule is Cc1csc2c(-c3cnn(C)c3)cnc(N)c12. The molecule has 0 aliphatic heterocycles. The first-order valence-corrected chi connectivity index (χ1v) is 6.16. The Kier molecular flexibility index (Phi) is 2.16. The van der Waals surface area contributed by atoms with Crippen LogP contribution in [0.2, 0.25) is 0 Å². The molecule has 0 aliphatic rings. The first-order chi connectivity index (χ1) is 8.16. The van der Waals surface area contributed by atoms with Crippen molar-refractivity contribution in [2.45, 2.75) is 6.92 Å². The second kappa shape index (κ2) is 3.56. The molecular weight excluding hydrogens is 232 g/mol. The summed E-state index contributed by atoms with van der Waals surface area (Å²) in [5.74, 6) is 0.603. The predicted molar refractivity (Wildman–Crippen MR) is 71.0 cm³/mol. The number of hydrogen-bond acceptors (Lipinski definition) is 4. The highest BCUT2D eigenvalue weighted by Crippen LogP contribution is 2.36. The van der Waals surface area contributed by atoms with E-state index in [4.69, 9.17) is 5.73 Å². The van der Waals surface area contributed by atoms with Crippen molar-refractivity contribution < 1.29 is 0 Å². The van der Waals surface area contributed by atoms with Crippen LogP contribution in [0.3, 0.4) is 0 Å². The molecule has 86 valence electrons. The average molecular weight is 244 g/mol. The van der Waals surface area contributed by atoms with Gasteiger partial charge in [0.15, 0.2) is 0 Å². The third kappa shape index (κ3) is 1.51. The highest BCUT2D eigenvalue weighted by molar-refractivity contribution is 7.18. The van der Waals surface area contributed by atoms with Gasteiger partial charge < -0.3 is 5.73 Å². The molecule has 0 spiro atoms. The molecule has 0 fully saturated rings. The molecule has 0 radical (unpaired) electrons. The molecule has 3 aromatic heterocycles. The van der Waals surface area contributed by atoms with Crippen molar-refractivity contribution in [2.75, 3.05) is 5.73 Å². The molecule has 3 heterocycles. The highest BCUT2D eigenvalue weighted by Gasteiger charge is 2.12. The summed E-state index contributed by atoms with van der Waals surface area (Å²) in [5.41, 5.74) is 9.28. The zero-order valence-corrected chi connectivity index (χ0v) is 10.5. The zero-order valence-electron chi connectivity index (χ0n) is 9.64. The van der Waals surface area contributed by atoms with Gasteiger partial charge in [0.1, 0.15) is 5.82 Å². The third-order valence-corrected chi connectivity index (χ3v) is 3.96. The number of anilines is 1. The number of nitrogens with zero attached hydrogens (tertiary/aromatic N) is 3. The van der Waals surface area contributed by atoms with Gasteiger partial charge in [-0.05, 0) is 17.9 Å². The van der Waals surface area contributed by atoms with E-state index >= 15 is 0 Å². The van der Waals surface area contributed by atoms with E-state index < -0.39 is 0 Å². The van der Waals surface area contributed by atoms with Gasteiger partial charge in [-0.15, -0.1) is 11.3 Å². The summed E-state index contributed by atoms with van der Waals surface area (Å²) < 4.78 is 2.97. The number of fused-ring (bicyclic) bond motifs is 1. The van der Waals surface area contributed by atoms with Gasteiger partial charge in [-0.1, -0.05) is 0 Å². The lowest BCUT2D eigenvalue weighted by Gasteiger charge is -2.02. The molecule has 0 aliphatic carbocycles. The number of hydrogen-bond donors (Lipinski definition) is 1. The zero-order chi connectivity index (χ0) is 12.0. The van der Waals surface area contributed by atoms with Crippen LogP contribution in [0.4, 0.5) is 5.82 Å². The number of aromatic nitrogens is 3. The van der Waals surface area contributed by atoms with Crippen LogP contribution >= 0.6 is 11.3 Å². The first-order valence-electron chi connectivity index (χ1n) is 5.28. The maximum Gasteiger partial charge on any atom is 0.132 e. The second-order valence-corrected chi connectivity index (χ2v) is 4.96. The van der Waals surface area contributed by atoms with Crippen molar-refractivity contribution in [2.24, 2.45) is 7.05 Å². The fourth-order valence-electron chi connectivity index (χ4n) is 1.98. The molecule has 17 heavy (non-hydrogen) atoms. The van der Waals surface area contributed by atoms with Crippen LogP contribution in [0.1, 0.15) is 5.56 Å². The van der Waals surface area contributed by atoms with Crippen LogP contribution in [0, 0.1) is 6.92 Å². The van der Waals surface area contributed by atoms with E-state index in [0.29, 0.717) is 5.82 Å². The van der Waals surface area contributed by atoms with Crippen molar-refractivity contribution in [3.05, 3.63) is 29.5 Å². The molecule has 3 rings (SSSR count). The van der Waals surface area contributed by atoms with E-state index in [1.165, 1.54) is 10.3 Å². The average Bonchev–Trinajstić information content (AvgIpc) is 2.87. The molecule has 0 amide bonds. The molecule has 0 bridgehead atoms. The van der Waals surface area contributed by atoms with E-state index in [9.17, 15) is 0 Å². The monoisotopic (exact) mass is 244 g/mol. The summed E-state index contributed by atoms with van der Waals surface area (Å²) in [6.45, 7) is 2.06. The molecule has 0 atom stereocenters. The number of pyridine rings is 1. The second-order valence-electron chi connectivity index (χ2n) is 4.08. The van der Waals surface area contributed by atoms with E-state index in [-0.39, 0.29) is 0 Å². The molecule has 0 saturated carbocycles. The predicted octanol–water partition coefficient (Wildman–Crippen LogP) is 2.59. The summed E-state index contributed by atoms with van der Waals surface area (Å²) in [4.78, 5) is 4.27. The first kappa shape index (κ1) is 10.3. The Hall–Kier alpha value is -1.88. The standard InChI is InChI=1S/C12H12N4S/c1-7-6-17-11-9(4-14-12(13)10(7)11)8-3-15-16(2)5-8/h3-6H,1-2H3,(H2,13,14). The lowest BCUT2D eigenvalue weighted by atomic mass is 10.1. The molecule has 3 aromatic rings. The van der Waals surface area contributed by atoms with Gasteiger partial charge in [-0.2, -0.15) is 5.10 Å². The summed E-state index contributed by atoms with van der Waals surface area (Å²) in [7, 11) is 1.91. The highest BCUT2D eigenvalue weighted by atomic mass is 32.1. The largest absolute Gasteiger partial charge is 0.383 e. The Bertz CT molecular complexity index is 696. The van der Waals surface area contributed by atoms with Crippen molar-refractivity contribution >= 4 is 27.2 Å². The van der Waals surface area contributed by atoms with E-state index in [1.54, 1.807) is 16.0 Å². The van der Waals surface area contributed by atoms with Crippen LogP contribution in [0.25, 0.3) is 21.2 Å². The minimum Gasteiger partial charge on any atom is -0.383 e. The Morgan fingerprint density at radius 1 is 1.35 bits per heavy atom. The van der Waals surface area contributed by atoms with Gasteiger partial charge in [0, 0.05) is 40.7 Å². The molecule has 0 aromatic carbocycles. The van der Waals surface area contributed by atoms with Gasteiger partial charge in [0.25, 0.3) is 0 Å². The Morgan fingerprint density at radius 3 is 2.88 bits per heavy atom. The van der Waals surface area contributed by atoms with Gasteiger partial charge in [0.2, 0.25) is 0 Å². The maximum absolute atomic E-state index is 5.93. The summed E-state index contributed by atoms with van der Waals surface area (Å²) >= 11 is 1.70. The lowest BCUT2D eigenvalue weighted by molar-refractivity contribution is 0.768.